The van der Waals surface area contributed by atoms with E-state index in [1.54, 1.807) is 13.3 Å². The predicted molar refractivity (Wildman–Crippen MR) is 59.3 cm³/mol. The van der Waals surface area contributed by atoms with E-state index in [4.69, 9.17) is 10.5 Å². The van der Waals surface area contributed by atoms with Gasteiger partial charge in [0.1, 0.15) is 5.75 Å². The van der Waals surface area contributed by atoms with Gasteiger partial charge in [-0.3, -0.25) is 0 Å². The van der Waals surface area contributed by atoms with E-state index in [0.717, 1.165) is 11.4 Å². The summed E-state index contributed by atoms with van der Waals surface area (Å²) in [6, 6.07) is 7.56. The maximum absolute atomic E-state index is 5.82. The molecule has 0 unspecified atom stereocenters. The van der Waals surface area contributed by atoms with E-state index < -0.39 is 0 Å². The first-order valence-electron chi connectivity index (χ1n) is 4.67. The fraction of sp³-hybridized carbons (Fsp3) is 0.182. The van der Waals surface area contributed by atoms with Crippen molar-refractivity contribution < 1.29 is 4.74 Å². The van der Waals surface area contributed by atoms with Gasteiger partial charge in [0.25, 0.3) is 0 Å². The zero-order valence-corrected chi connectivity index (χ0v) is 8.77. The molecule has 1 aromatic heterocycles. The van der Waals surface area contributed by atoms with Gasteiger partial charge in [0.2, 0.25) is 0 Å². The molecule has 0 atom stereocenters. The molecule has 15 heavy (non-hydrogen) atoms. The molecule has 2 rings (SSSR count). The summed E-state index contributed by atoms with van der Waals surface area (Å²) in [6.07, 6.45) is 1.76. The summed E-state index contributed by atoms with van der Waals surface area (Å²) >= 11 is 0. The summed E-state index contributed by atoms with van der Waals surface area (Å²) < 4.78 is 6.92. The number of nitrogen functional groups attached to an aromatic ring is 1. The molecule has 0 aliphatic rings. The standard InChI is InChI=1S/C11H13N3O/c1-8-5-6-13-14(8)9-3-4-11(15-2)10(12)7-9/h3-7H,12H2,1-2H3. The van der Waals surface area contributed by atoms with Crippen LogP contribution < -0.4 is 10.5 Å². The number of aryl methyl sites for hydroxylation is 1. The van der Waals surface area contributed by atoms with Crippen molar-refractivity contribution in [3.8, 4) is 11.4 Å². The second-order valence-corrected chi connectivity index (χ2v) is 3.31. The van der Waals surface area contributed by atoms with Gasteiger partial charge in [-0.25, -0.2) is 4.68 Å². The highest BCUT2D eigenvalue weighted by molar-refractivity contribution is 5.58. The molecule has 0 saturated carbocycles. The monoisotopic (exact) mass is 203 g/mol. The molecule has 0 saturated heterocycles. The first-order valence-corrected chi connectivity index (χ1v) is 4.67. The molecule has 2 aromatic rings. The van der Waals surface area contributed by atoms with Crippen molar-refractivity contribution in [2.24, 2.45) is 0 Å². The number of rotatable bonds is 2. The molecule has 0 radical (unpaired) electrons. The SMILES string of the molecule is COc1ccc(-n2nccc2C)cc1N. The van der Waals surface area contributed by atoms with Crippen molar-refractivity contribution in [2.45, 2.75) is 6.92 Å². The molecule has 0 amide bonds. The summed E-state index contributed by atoms with van der Waals surface area (Å²) in [7, 11) is 1.60. The van der Waals surface area contributed by atoms with Gasteiger partial charge < -0.3 is 10.5 Å². The Morgan fingerprint density at radius 2 is 2.13 bits per heavy atom. The number of hydrogen-bond donors (Lipinski definition) is 1. The van der Waals surface area contributed by atoms with Gasteiger partial charge in [0, 0.05) is 11.9 Å². The van der Waals surface area contributed by atoms with E-state index in [1.807, 2.05) is 35.9 Å². The number of nitrogens with zero attached hydrogens (tertiary/aromatic N) is 2. The van der Waals surface area contributed by atoms with Gasteiger partial charge >= 0.3 is 0 Å². The lowest BCUT2D eigenvalue weighted by molar-refractivity contribution is 0.417. The minimum absolute atomic E-state index is 0.616. The van der Waals surface area contributed by atoms with Crippen LogP contribution in [0.1, 0.15) is 5.69 Å². The number of hydrogen-bond acceptors (Lipinski definition) is 3. The molecule has 0 spiro atoms. The third kappa shape index (κ3) is 1.66. The quantitative estimate of drug-likeness (QED) is 0.757. The number of aromatic nitrogens is 2. The maximum Gasteiger partial charge on any atom is 0.141 e. The van der Waals surface area contributed by atoms with Crippen LogP contribution in [0.15, 0.2) is 30.5 Å². The third-order valence-corrected chi connectivity index (χ3v) is 2.29. The number of nitrogens with two attached hydrogens (primary N) is 1. The van der Waals surface area contributed by atoms with Crippen molar-refractivity contribution in [2.75, 3.05) is 12.8 Å². The van der Waals surface area contributed by atoms with E-state index in [1.165, 1.54) is 0 Å². The van der Waals surface area contributed by atoms with Gasteiger partial charge in [-0.05, 0) is 31.2 Å². The molecule has 0 bridgehead atoms. The lowest BCUT2D eigenvalue weighted by Crippen LogP contribution is -2.00. The van der Waals surface area contributed by atoms with Crippen LogP contribution in [0, 0.1) is 6.92 Å². The highest BCUT2D eigenvalue weighted by atomic mass is 16.5. The van der Waals surface area contributed by atoms with Crippen LogP contribution in [0.2, 0.25) is 0 Å². The van der Waals surface area contributed by atoms with E-state index in [0.29, 0.717) is 11.4 Å². The molecule has 4 heteroatoms. The first-order chi connectivity index (χ1) is 7.22. The summed E-state index contributed by atoms with van der Waals surface area (Å²) in [5, 5.41) is 4.20. The Morgan fingerprint density at radius 3 is 2.67 bits per heavy atom. The number of methoxy groups -OCH3 is 1. The van der Waals surface area contributed by atoms with Gasteiger partial charge in [0.15, 0.2) is 0 Å². The molecule has 0 fully saturated rings. The maximum atomic E-state index is 5.82. The number of benzene rings is 1. The largest absolute Gasteiger partial charge is 0.495 e. The molecular formula is C11H13N3O. The van der Waals surface area contributed by atoms with Gasteiger partial charge in [-0.15, -0.1) is 0 Å². The Kier molecular flexibility index (Phi) is 2.33. The van der Waals surface area contributed by atoms with Crippen LogP contribution in [0.25, 0.3) is 5.69 Å². The molecule has 1 aromatic carbocycles. The van der Waals surface area contributed by atoms with E-state index >= 15 is 0 Å². The van der Waals surface area contributed by atoms with Crippen molar-refractivity contribution in [1.82, 2.24) is 9.78 Å². The van der Waals surface area contributed by atoms with Crippen molar-refractivity contribution in [3.05, 3.63) is 36.2 Å². The van der Waals surface area contributed by atoms with Crippen LogP contribution >= 0.6 is 0 Å². The highest BCUT2D eigenvalue weighted by Crippen LogP contribution is 2.23. The summed E-state index contributed by atoms with van der Waals surface area (Å²) in [5.74, 6) is 0.684. The Balaban J connectivity index is 2.47. The van der Waals surface area contributed by atoms with Crippen LogP contribution in [0.4, 0.5) is 5.69 Å². The molecule has 78 valence electrons. The zero-order chi connectivity index (χ0) is 10.8. The molecular weight excluding hydrogens is 190 g/mol. The lowest BCUT2D eigenvalue weighted by Gasteiger charge is -2.08. The van der Waals surface area contributed by atoms with E-state index in [2.05, 4.69) is 5.10 Å². The Bertz CT molecular complexity index is 476. The second-order valence-electron chi connectivity index (χ2n) is 3.31. The topological polar surface area (TPSA) is 53.1 Å². The average molecular weight is 203 g/mol. The first kappa shape index (κ1) is 9.58. The fourth-order valence-electron chi connectivity index (χ4n) is 1.49. The minimum Gasteiger partial charge on any atom is -0.495 e. The molecule has 4 nitrogen and oxygen atoms in total. The van der Waals surface area contributed by atoms with Crippen LogP contribution in [0.3, 0.4) is 0 Å². The fourth-order valence-corrected chi connectivity index (χ4v) is 1.49. The molecule has 2 N–H and O–H groups in total. The average Bonchev–Trinajstić information content (AvgIpc) is 2.64. The van der Waals surface area contributed by atoms with Crippen molar-refractivity contribution >= 4 is 5.69 Å². The lowest BCUT2D eigenvalue weighted by atomic mass is 10.2. The predicted octanol–water partition coefficient (Wildman–Crippen LogP) is 1.77. The summed E-state index contributed by atoms with van der Waals surface area (Å²) in [6.45, 7) is 1.99. The van der Waals surface area contributed by atoms with Crippen LogP contribution in [-0.2, 0) is 0 Å². The molecule has 0 aliphatic heterocycles. The smallest absolute Gasteiger partial charge is 0.141 e. The Labute approximate surface area is 88.3 Å². The van der Waals surface area contributed by atoms with Gasteiger partial charge in [-0.2, -0.15) is 5.10 Å². The Morgan fingerprint density at radius 1 is 1.33 bits per heavy atom. The highest BCUT2D eigenvalue weighted by Gasteiger charge is 2.04. The normalized spacial score (nSPS) is 10.3. The number of anilines is 1. The van der Waals surface area contributed by atoms with Crippen LogP contribution in [0.5, 0.6) is 5.75 Å². The van der Waals surface area contributed by atoms with Crippen LogP contribution in [-0.4, -0.2) is 16.9 Å². The van der Waals surface area contributed by atoms with Gasteiger partial charge in [-0.1, -0.05) is 0 Å². The molecule has 1 heterocycles. The van der Waals surface area contributed by atoms with E-state index in [-0.39, 0.29) is 0 Å². The summed E-state index contributed by atoms with van der Waals surface area (Å²) in [5.41, 5.74) is 8.45. The van der Waals surface area contributed by atoms with Crippen molar-refractivity contribution in [1.29, 1.82) is 0 Å². The van der Waals surface area contributed by atoms with Crippen molar-refractivity contribution in [3.63, 3.8) is 0 Å². The summed E-state index contributed by atoms with van der Waals surface area (Å²) in [4.78, 5) is 0. The van der Waals surface area contributed by atoms with Gasteiger partial charge in [0.05, 0.1) is 18.5 Å². The zero-order valence-electron chi connectivity index (χ0n) is 8.77. The molecule has 0 aliphatic carbocycles. The van der Waals surface area contributed by atoms with E-state index in [9.17, 15) is 0 Å². The third-order valence-electron chi connectivity index (χ3n) is 2.29. The minimum atomic E-state index is 0.616. The number of ether oxygens (including phenoxy) is 1. The Hall–Kier alpha value is -1.97. The second kappa shape index (κ2) is 3.65.